The van der Waals surface area contributed by atoms with Gasteiger partial charge in [0.1, 0.15) is 0 Å². The van der Waals surface area contributed by atoms with Gasteiger partial charge in [0.2, 0.25) is 0 Å². The summed E-state index contributed by atoms with van der Waals surface area (Å²) >= 11 is 0. The Morgan fingerprint density at radius 1 is 0.262 bits per heavy atom. The van der Waals surface area contributed by atoms with E-state index in [2.05, 4.69) is 83.1 Å². The zero-order chi connectivity index (χ0) is 33.4. The third-order valence-corrected chi connectivity index (χ3v) is 10.9. The van der Waals surface area contributed by atoms with Crippen LogP contribution < -0.4 is 0 Å². The average Bonchev–Trinajstić information content (AvgIpc) is 3.01. The molecule has 0 bridgehead atoms. The second kappa shape index (κ2) is 28.5. The summed E-state index contributed by atoms with van der Waals surface area (Å²) in [5.41, 5.74) is 0. The molecule has 42 heavy (non-hydrogen) atoms. The van der Waals surface area contributed by atoms with Gasteiger partial charge in [0.05, 0.1) is 0 Å². The summed E-state index contributed by atoms with van der Waals surface area (Å²) in [5.74, 6) is 11.6. The maximum atomic E-state index is 2.38. The first-order valence-corrected chi connectivity index (χ1v) is 19.8. The molecule has 258 valence electrons. The lowest BCUT2D eigenvalue weighted by molar-refractivity contribution is 0.177. The van der Waals surface area contributed by atoms with E-state index in [1.165, 1.54) is 77.0 Å². The van der Waals surface area contributed by atoms with E-state index >= 15 is 0 Å². The molecular formula is C42H90. The first-order valence-electron chi connectivity index (χ1n) is 19.8. The van der Waals surface area contributed by atoms with Gasteiger partial charge >= 0.3 is 0 Å². The van der Waals surface area contributed by atoms with E-state index in [0.29, 0.717) is 0 Å². The van der Waals surface area contributed by atoms with Gasteiger partial charge in [-0.05, 0) is 90.3 Å². The van der Waals surface area contributed by atoms with Gasteiger partial charge in [0.15, 0.2) is 0 Å². The topological polar surface area (TPSA) is 0 Å². The summed E-state index contributed by atoms with van der Waals surface area (Å²) in [5, 5.41) is 0. The molecule has 3 rings (SSSR count). The largest absolute Gasteiger partial charge is 0.0683 e. The fraction of sp³-hybridized carbons (Fsp3) is 1.00. The van der Waals surface area contributed by atoms with E-state index < -0.39 is 0 Å². The van der Waals surface area contributed by atoms with E-state index in [0.717, 1.165) is 71.0 Å². The lowest BCUT2D eigenvalue weighted by atomic mass is 9.72. The smallest absolute Gasteiger partial charge is 0.0388 e. The predicted molar refractivity (Wildman–Crippen MR) is 199 cm³/mol. The molecule has 3 fully saturated rings. The van der Waals surface area contributed by atoms with Crippen molar-refractivity contribution in [1.29, 1.82) is 0 Å². The monoisotopic (exact) mass is 595 g/mol. The highest BCUT2D eigenvalue weighted by Crippen LogP contribution is 2.38. The Labute approximate surface area is 272 Å². The molecule has 0 spiro atoms. The Morgan fingerprint density at radius 2 is 0.381 bits per heavy atom. The van der Waals surface area contributed by atoms with E-state index in [9.17, 15) is 0 Å². The maximum absolute atomic E-state index is 2.38. The Morgan fingerprint density at radius 3 is 0.476 bits per heavy atom. The Hall–Kier alpha value is 0. The van der Waals surface area contributed by atoms with Crippen LogP contribution in [0.3, 0.4) is 0 Å². The van der Waals surface area contributed by atoms with Gasteiger partial charge in [-0.3, -0.25) is 0 Å². The third kappa shape index (κ3) is 20.9. The zero-order valence-electron chi connectivity index (χ0n) is 33.4. The minimum absolute atomic E-state index is 0.909. The van der Waals surface area contributed by atoms with Crippen molar-refractivity contribution in [2.45, 2.75) is 202 Å². The van der Waals surface area contributed by atoms with Gasteiger partial charge < -0.3 is 0 Å². The number of hydrogen-bond donors (Lipinski definition) is 0. The van der Waals surface area contributed by atoms with Gasteiger partial charge in [-0.1, -0.05) is 182 Å². The van der Waals surface area contributed by atoms with E-state index in [1.54, 1.807) is 0 Å². The molecule has 0 aromatic rings. The summed E-state index contributed by atoms with van der Waals surface area (Å²) in [7, 11) is 0. The minimum Gasteiger partial charge on any atom is -0.0683 e. The number of hydrogen-bond acceptors (Lipinski definition) is 0. The Bertz CT molecular complexity index is 406. The van der Waals surface area contributed by atoms with Crippen molar-refractivity contribution in [3.8, 4) is 0 Å². The van der Waals surface area contributed by atoms with E-state index in [-0.39, 0.29) is 0 Å². The fourth-order valence-electron chi connectivity index (χ4n) is 7.43. The standard InChI is InChI=1S/3C12H24.3C2H6/c3*1-9(2)11-6-5-7-12(8-11)10(3)4;3*1-2/h3*9-12H,5-8H2,1-4H3;3*1-2H3/t11-,12+;2*11-,12-;;;/m.10.../s1. The van der Waals surface area contributed by atoms with Crippen molar-refractivity contribution in [3.63, 3.8) is 0 Å². The first kappa shape index (κ1) is 46.4. The van der Waals surface area contributed by atoms with Crippen LogP contribution in [-0.4, -0.2) is 0 Å². The van der Waals surface area contributed by atoms with E-state index in [4.69, 9.17) is 0 Å². The van der Waals surface area contributed by atoms with Crippen molar-refractivity contribution in [3.05, 3.63) is 0 Å². The van der Waals surface area contributed by atoms with Crippen LogP contribution in [-0.2, 0) is 0 Å². The van der Waals surface area contributed by atoms with Crippen LogP contribution >= 0.6 is 0 Å². The lowest BCUT2D eigenvalue weighted by Crippen LogP contribution is -2.22. The first-order chi connectivity index (χ1) is 19.8. The molecule has 0 N–H and O–H groups in total. The van der Waals surface area contributed by atoms with E-state index in [1.807, 2.05) is 41.5 Å². The normalized spacial score (nSPS) is 27.4. The molecule has 0 amide bonds. The molecule has 0 aromatic carbocycles. The Kier molecular flexibility index (Phi) is 31.5. The van der Waals surface area contributed by atoms with Crippen molar-refractivity contribution in [2.24, 2.45) is 71.0 Å². The molecule has 0 nitrogen and oxygen atoms in total. The van der Waals surface area contributed by atoms with Crippen molar-refractivity contribution in [2.75, 3.05) is 0 Å². The molecule has 0 aromatic heterocycles. The molecule has 0 saturated heterocycles. The number of rotatable bonds is 6. The molecule has 0 aliphatic heterocycles. The Balaban J connectivity index is -0.000000497. The molecule has 0 heterocycles. The SMILES string of the molecule is CC.CC.CC.CC(C)[C@@H]1CCC[C@@H](C(C)C)C1.CC(C)[C@@H]1CCC[C@H](C(C)C)C1.CC(C)[C@H]1CCC[C@H](C(C)C)C1. The highest BCUT2D eigenvalue weighted by Gasteiger charge is 2.27. The predicted octanol–water partition coefficient (Wildman–Crippen LogP) is 15.4. The summed E-state index contributed by atoms with van der Waals surface area (Å²) < 4.78 is 0. The highest BCUT2D eigenvalue weighted by atomic mass is 14.3. The fourth-order valence-corrected chi connectivity index (χ4v) is 7.43. The van der Waals surface area contributed by atoms with Crippen LogP contribution in [0.15, 0.2) is 0 Å². The van der Waals surface area contributed by atoms with Crippen LogP contribution in [0.2, 0.25) is 0 Å². The molecule has 0 radical (unpaired) electrons. The average molecular weight is 595 g/mol. The minimum atomic E-state index is 0.909. The van der Waals surface area contributed by atoms with Gasteiger partial charge in [-0.15, -0.1) is 0 Å². The molecule has 3 saturated carbocycles. The lowest BCUT2D eigenvalue weighted by Gasteiger charge is -2.33. The van der Waals surface area contributed by atoms with Crippen LogP contribution in [0.25, 0.3) is 0 Å². The van der Waals surface area contributed by atoms with Crippen molar-refractivity contribution in [1.82, 2.24) is 0 Å². The summed E-state index contributed by atoms with van der Waals surface area (Å²) in [4.78, 5) is 0. The molecule has 0 heteroatoms. The van der Waals surface area contributed by atoms with Gasteiger partial charge in [-0.2, -0.15) is 0 Å². The van der Waals surface area contributed by atoms with Crippen molar-refractivity contribution >= 4 is 0 Å². The molecular weight excluding hydrogens is 504 g/mol. The molecule has 3 aliphatic carbocycles. The van der Waals surface area contributed by atoms with Gasteiger partial charge in [0, 0.05) is 0 Å². The second-order valence-electron chi connectivity index (χ2n) is 15.5. The summed E-state index contributed by atoms with van der Waals surface area (Å²) in [6.45, 7) is 40.6. The quantitative estimate of drug-likeness (QED) is 0.287. The summed E-state index contributed by atoms with van der Waals surface area (Å²) in [6.07, 6.45) is 17.8. The molecule has 0 unspecified atom stereocenters. The van der Waals surface area contributed by atoms with Gasteiger partial charge in [0.25, 0.3) is 0 Å². The molecule has 6 atom stereocenters. The maximum Gasteiger partial charge on any atom is -0.0388 e. The van der Waals surface area contributed by atoms with Crippen LogP contribution in [0, 0.1) is 71.0 Å². The van der Waals surface area contributed by atoms with Crippen molar-refractivity contribution < 1.29 is 0 Å². The van der Waals surface area contributed by atoms with Crippen LogP contribution in [0.1, 0.15) is 202 Å². The highest BCUT2D eigenvalue weighted by molar-refractivity contribution is 4.78. The zero-order valence-corrected chi connectivity index (χ0v) is 33.4. The van der Waals surface area contributed by atoms with Gasteiger partial charge in [-0.25, -0.2) is 0 Å². The molecule has 3 aliphatic rings. The second-order valence-corrected chi connectivity index (χ2v) is 15.5. The third-order valence-electron chi connectivity index (χ3n) is 10.9. The van der Waals surface area contributed by atoms with Crippen LogP contribution in [0.5, 0.6) is 0 Å². The summed E-state index contributed by atoms with van der Waals surface area (Å²) in [6, 6.07) is 0. The van der Waals surface area contributed by atoms with Crippen LogP contribution in [0.4, 0.5) is 0 Å².